The average molecular weight is 1060 g/mol. The molecule has 17 heteroatoms. The van der Waals surface area contributed by atoms with Crippen molar-refractivity contribution in [3.63, 3.8) is 0 Å². The number of aliphatic hydroxyl groups excluding tert-OH is 1. The van der Waals surface area contributed by atoms with Crippen molar-refractivity contribution in [3.8, 4) is 0 Å². The number of sulfone groups is 1. The molecule has 3 fully saturated rings. The molecule has 5 rings (SSSR count). The van der Waals surface area contributed by atoms with Gasteiger partial charge in [-0.1, -0.05) is 80.0 Å². The fraction of sp³-hybridized carbons (Fsp3) is 0.569. The Balaban J connectivity index is 1.02. The normalized spacial score (nSPS) is 24.2. The Morgan fingerprint density at radius 3 is 2.20 bits per heavy atom. The summed E-state index contributed by atoms with van der Waals surface area (Å²) < 4.78 is 49.9. The van der Waals surface area contributed by atoms with Crippen molar-refractivity contribution in [1.29, 1.82) is 0 Å². The fourth-order valence-electron chi connectivity index (χ4n) is 9.58. The summed E-state index contributed by atoms with van der Waals surface area (Å²) in [4.78, 5) is 86.1. The maximum absolute atomic E-state index is 13.3. The van der Waals surface area contributed by atoms with E-state index < -0.39 is 57.4 Å². The molecule has 3 heterocycles. The molecular weight excluding hydrogens is 981 g/mol. The van der Waals surface area contributed by atoms with E-state index in [1.54, 1.807) is 56.3 Å². The summed E-state index contributed by atoms with van der Waals surface area (Å²) in [6, 6.07) is 13.2. The number of ketones is 4. The number of aryl methyl sites for hydroxylation is 2. The van der Waals surface area contributed by atoms with Gasteiger partial charge in [0, 0.05) is 57.9 Å². The van der Waals surface area contributed by atoms with Crippen LogP contribution in [-0.2, 0) is 81.6 Å². The van der Waals surface area contributed by atoms with Crippen LogP contribution in [0.4, 0.5) is 0 Å². The number of carbonyl (C=O) groups excluding carboxylic acids is 7. The summed E-state index contributed by atoms with van der Waals surface area (Å²) in [7, 11) is -3.95. The molecule has 3 N–H and O–H groups in total. The second-order valence-electron chi connectivity index (χ2n) is 20.7. The quantitative estimate of drug-likeness (QED) is 0.0243. The molecule has 0 saturated carbocycles. The number of hydrogen-bond donors (Lipinski definition) is 3. The zero-order valence-electron chi connectivity index (χ0n) is 44.5. The highest BCUT2D eigenvalue weighted by molar-refractivity contribution is 7.92. The first-order chi connectivity index (χ1) is 35.6. The number of carbonyl (C=O) groups is 7. The molecule has 3 aliphatic rings. The van der Waals surface area contributed by atoms with Gasteiger partial charge in [-0.2, -0.15) is 0 Å². The van der Waals surface area contributed by atoms with E-state index in [-0.39, 0.29) is 96.9 Å². The number of unbranched alkanes of at least 4 members (excludes halogenated alkanes) is 3. The van der Waals surface area contributed by atoms with Gasteiger partial charge >= 0.3 is 5.97 Å². The third kappa shape index (κ3) is 20.5. The van der Waals surface area contributed by atoms with Crippen molar-refractivity contribution in [2.24, 2.45) is 5.92 Å². The number of allylic oxidation sites excluding steroid dienone is 2. The standard InChI is InChI=1S/C58H78N2O14S/c1-38(17-28-53-39(2)31-52(42(5)73-53)60-56(67)30-19-41(4)72-43(6)62)18-29-54-57(68)58(37-71-58)34-50(74-54)33-47(63)24-20-44-21-26-51(27-22-44)75(69,70)36-48(64)25-23-45-14-11-12-15-46(45)32-49(65)35-59-55(66)16-10-8-7-9-13-40(3)61/h11-12,14-15,17-19,21-22,26-27,29-30,39,41-42,50,52-54,57,68H,7-10,13,16,20,23-25,28,31-37H2,1-6H3,(H,59,66)(H,60,67)/b29-18+,30-19-,38-17+/t39-,41-,42+,50+,52+,53-,54+,57+,58+/m0/s1. The Bertz CT molecular complexity index is 2510. The summed E-state index contributed by atoms with van der Waals surface area (Å²) in [5.41, 5.74) is 2.40. The van der Waals surface area contributed by atoms with E-state index in [1.165, 1.54) is 31.2 Å². The number of Topliss-reactive ketones (excluding diaryl/α,β-unsaturated/α-hetero) is 4. The number of benzene rings is 2. The molecule has 2 aromatic carbocycles. The zero-order valence-corrected chi connectivity index (χ0v) is 45.3. The molecule has 16 nitrogen and oxygen atoms in total. The highest BCUT2D eigenvalue weighted by Crippen LogP contribution is 2.43. The number of hydrogen-bond acceptors (Lipinski definition) is 14. The van der Waals surface area contributed by atoms with Crippen LogP contribution in [0.5, 0.6) is 0 Å². The molecule has 0 aromatic heterocycles. The lowest BCUT2D eigenvalue weighted by Crippen LogP contribution is -2.50. The van der Waals surface area contributed by atoms with Gasteiger partial charge in [-0.05, 0) is 107 Å². The predicted molar refractivity (Wildman–Crippen MR) is 282 cm³/mol. The lowest BCUT2D eigenvalue weighted by atomic mass is 9.86. The predicted octanol–water partition coefficient (Wildman–Crippen LogP) is 6.70. The van der Waals surface area contributed by atoms with Crippen LogP contribution >= 0.6 is 0 Å². The van der Waals surface area contributed by atoms with E-state index >= 15 is 0 Å². The van der Waals surface area contributed by atoms with Crippen molar-refractivity contribution < 1.29 is 66.0 Å². The van der Waals surface area contributed by atoms with Crippen LogP contribution in [0.2, 0.25) is 0 Å². The molecule has 3 aliphatic heterocycles. The van der Waals surface area contributed by atoms with Crippen LogP contribution in [-0.4, -0.2) is 122 Å². The Morgan fingerprint density at radius 1 is 0.840 bits per heavy atom. The lowest BCUT2D eigenvalue weighted by Gasteiger charge is -2.39. The van der Waals surface area contributed by atoms with Crippen molar-refractivity contribution in [2.45, 2.75) is 191 Å². The molecule has 410 valence electrons. The molecule has 0 unspecified atom stereocenters. The largest absolute Gasteiger partial charge is 0.459 e. The molecule has 9 atom stereocenters. The van der Waals surface area contributed by atoms with Crippen molar-refractivity contribution in [2.75, 3.05) is 18.9 Å². The molecule has 0 aliphatic carbocycles. The Kier molecular flexibility index (Phi) is 23.5. The topological polar surface area (TPSA) is 238 Å². The number of aliphatic hydroxyl groups is 1. The molecule has 3 saturated heterocycles. The van der Waals surface area contributed by atoms with E-state index in [9.17, 15) is 47.1 Å². The van der Waals surface area contributed by atoms with Crippen LogP contribution in [0.3, 0.4) is 0 Å². The summed E-state index contributed by atoms with van der Waals surface area (Å²) in [6.07, 6.45) is 12.5. The van der Waals surface area contributed by atoms with E-state index in [0.717, 1.165) is 42.4 Å². The summed E-state index contributed by atoms with van der Waals surface area (Å²) >= 11 is 0. The first-order valence-corrected chi connectivity index (χ1v) is 28.1. The number of nitrogens with one attached hydrogen (secondary N) is 2. The maximum Gasteiger partial charge on any atom is 0.303 e. The van der Waals surface area contributed by atoms with E-state index in [4.69, 9.17) is 18.9 Å². The minimum absolute atomic E-state index is 0.00188. The van der Waals surface area contributed by atoms with Gasteiger partial charge in [0.1, 0.15) is 47.0 Å². The van der Waals surface area contributed by atoms with Crippen LogP contribution < -0.4 is 10.6 Å². The molecule has 0 radical (unpaired) electrons. The molecule has 0 bridgehead atoms. The first-order valence-electron chi connectivity index (χ1n) is 26.4. The fourth-order valence-corrected chi connectivity index (χ4v) is 10.9. The second-order valence-corrected chi connectivity index (χ2v) is 22.7. The van der Waals surface area contributed by atoms with Crippen molar-refractivity contribution in [1.82, 2.24) is 10.6 Å². The third-order valence-electron chi connectivity index (χ3n) is 14.0. The SMILES string of the molecule is CC(=O)CCCCCCC(=O)NCC(=O)Cc1ccccc1CCC(=O)CS(=O)(=O)c1ccc(CCC(=O)C[C@@H]2C[C@@]3(CO3)[C@H](O)[C@@H](/C=C/C(C)=C/C[C@@H]3O[C@H](C)[C@H](NC(=O)/C=C\[C@H](C)OC(C)=O)C[C@@H]3C)O2)cc1. The summed E-state index contributed by atoms with van der Waals surface area (Å²) in [6.45, 7) is 10.8. The monoisotopic (exact) mass is 1060 g/mol. The van der Waals surface area contributed by atoms with Gasteiger partial charge < -0.3 is 39.5 Å². The van der Waals surface area contributed by atoms with Crippen molar-refractivity contribution >= 4 is 50.8 Å². The van der Waals surface area contributed by atoms with Crippen LogP contribution in [0, 0.1) is 5.92 Å². The van der Waals surface area contributed by atoms with E-state index in [1.807, 2.05) is 19.9 Å². The molecular formula is C58H78N2O14S. The van der Waals surface area contributed by atoms with Gasteiger partial charge in [-0.25, -0.2) is 8.42 Å². The Morgan fingerprint density at radius 2 is 1.52 bits per heavy atom. The summed E-state index contributed by atoms with van der Waals surface area (Å²) in [5.74, 6) is -1.98. The van der Waals surface area contributed by atoms with Gasteiger partial charge in [0.15, 0.2) is 15.6 Å². The Labute approximate surface area is 442 Å². The number of epoxide rings is 1. The second kappa shape index (κ2) is 29.2. The van der Waals surface area contributed by atoms with Gasteiger partial charge in [0.25, 0.3) is 0 Å². The van der Waals surface area contributed by atoms with Crippen LogP contribution in [0.1, 0.15) is 135 Å². The number of ether oxygens (including phenoxy) is 4. The maximum atomic E-state index is 13.3. The minimum atomic E-state index is -3.95. The average Bonchev–Trinajstić information content (AvgIpc) is 4.13. The highest BCUT2D eigenvalue weighted by atomic mass is 32.2. The van der Waals surface area contributed by atoms with Gasteiger partial charge in [-0.15, -0.1) is 0 Å². The summed E-state index contributed by atoms with van der Waals surface area (Å²) in [5, 5.41) is 16.9. The van der Waals surface area contributed by atoms with Gasteiger partial charge in [0.2, 0.25) is 11.8 Å². The molecule has 2 aromatic rings. The lowest BCUT2D eigenvalue weighted by molar-refractivity contribution is -0.144. The smallest absolute Gasteiger partial charge is 0.303 e. The van der Waals surface area contributed by atoms with Crippen LogP contribution in [0.15, 0.2) is 89.4 Å². The number of rotatable bonds is 30. The molecule has 75 heavy (non-hydrogen) atoms. The van der Waals surface area contributed by atoms with Gasteiger partial charge in [-0.3, -0.25) is 28.8 Å². The first kappa shape index (κ1) is 60.4. The molecule has 1 spiro atoms. The molecule has 2 amide bonds. The Hall–Kier alpha value is -5.46. The van der Waals surface area contributed by atoms with Gasteiger partial charge in [0.05, 0.1) is 42.4 Å². The van der Waals surface area contributed by atoms with E-state index in [2.05, 4.69) is 23.6 Å². The van der Waals surface area contributed by atoms with Crippen LogP contribution in [0.25, 0.3) is 0 Å². The number of amides is 2. The van der Waals surface area contributed by atoms with E-state index in [0.29, 0.717) is 50.7 Å². The highest BCUT2D eigenvalue weighted by Gasteiger charge is 2.58. The van der Waals surface area contributed by atoms with Crippen molar-refractivity contribution in [3.05, 3.63) is 101 Å². The number of esters is 1. The minimum Gasteiger partial charge on any atom is -0.459 e. The zero-order chi connectivity index (χ0) is 54.7. The third-order valence-corrected chi connectivity index (χ3v) is 15.7.